The van der Waals surface area contributed by atoms with Crippen LogP contribution in [0.1, 0.15) is 30.8 Å². The van der Waals surface area contributed by atoms with Gasteiger partial charge in [-0.05, 0) is 30.5 Å². The molecule has 126 valence electrons. The summed E-state index contributed by atoms with van der Waals surface area (Å²) in [6.07, 6.45) is 1.19. The van der Waals surface area contributed by atoms with Crippen molar-refractivity contribution in [3.63, 3.8) is 0 Å². The first-order valence-corrected chi connectivity index (χ1v) is 7.73. The molecule has 1 aliphatic heterocycles. The highest BCUT2D eigenvalue weighted by Crippen LogP contribution is 2.28. The molecule has 0 unspecified atom stereocenters. The molecule has 1 aliphatic rings. The van der Waals surface area contributed by atoms with Crippen molar-refractivity contribution in [3.8, 4) is 0 Å². The van der Waals surface area contributed by atoms with Gasteiger partial charge in [-0.3, -0.25) is 10.1 Å². The van der Waals surface area contributed by atoms with Crippen LogP contribution in [-0.2, 0) is 0 Å². The van der Waals surface area contributed by atoms with Crippen molar-refractivity contribution in [2.75, 3.05) is 38.5 Å². The molecule has 0 aromatic carbocycles. The molecule has 23 heavy (non-hydrogen) atoms. The smallest absolute Gasteiger partial charge is 0.320 e. The molecule has 0 saturated carbocycles. The first kappa shape index (κ1) is 17.1. The molecule has 0 bridgehead atoms. The van der Waals surface area contributed by atoms with Gasteiger partial charge in [0.15, 0.2) is 11.5 Å². The Bertz CT molecular complexity index is 558. The average Bonchev–Trinajstić information content (AvgIpc) is 2.86. The maximum Gasteiger partial charge on any atom is 0.320 e. The lowest BCUT2D eigenvalue weighted by Crippen LogP contribution is -2.36. The lowest BCUT2D eigenvalue weighted by atomic mass is 9.93. The second-order valence-electron chi connectivity index (χ2n) is 6.45. The second-order valence-corrected chi connectivity index (χ2v) is 6.45. The van der Waals surface area contributed by atoms with Crippen molar-refractivity contribution < 1.29 is 9.59 Å². The predicted molar refractivity (Wildman–Crippen MR) is 87.3 cm³/mol. The normalized spacial score (nSPS) is 16.8. The lowest BCUT2D eigenvalue weighted by molar-refractivity contribution is 0.0957. The number of rotatable bonds is 5. The third kappa shape index (κ3) is 5.17. The number of hydrogen-bond donors (Lipinski definition) is 3. The summed E-state index contributed by atoms with van der Waals surface area (Å²) in [5.74, 6) is -0.0144. The lowest BCUT2D eigenvalue weighted by Gasteiger charge is -2.19. The van der Waals surface area contributed by atoms with E-state index in [0.717, 1.165) is 19.6 Å². The number of anilines is 1. The van der Waals surface area contributed by atoms with E-state index in [1.807, 2.05) is 0 Å². The summed E-state index contributed by atoms with van der Waals surface area (Å²) in [5, 5.41) is 15.4. The minimum absolute atomic E-state index is 0.204. The molecule has 2 heterocycles. The van der Waals surface area contributed by atoms with Crippen molar-refractivity contribution in [2.45, 2.75) is 20.3 Å². The molecule has 0 atom stereocenters. The molecular weight excluding hydrogens is 296 g/mol. The number of likely N-dealkylation sites (tertiary alicyclic amines) is 1. The van der Waals surface area contributed by atoms with E-state index < -0.39 is 0 Å². The minimum Gasteiger partial charge on any atom is -0.354 e. The predicted octanol–water partition coefficient (Wildman–Crippen LogP) is 0.690. The fraction of sp³-hybridized carbons (Fsp3) is 0.600. The SMILES string of the molecule is CNC(=O)c1ccc(NC(=O)NCCN2CCC(C)(C)C2)nn1. The van der Waals surface area contributed by atoms with Crippen LogP contribution in [0.15, 0.2) is 12.1 Å². The number of aromatic nitrogens is 2. The molecule has 3 amide bonds. The monoisotopic (exact) mass is 320 g/mol. The summed E-state index contributed by atoms with van der Waals surface area (Å²) >= 11 is 0. The molecule has 1 saturated heterocycles. The van der Waals surface area contributed by atoms with Gasteiger partial charge in [0, 0.05) is 26.7 Å². The van der Waals surface area contributed by atoms with Crippen LogP contribution in [0.4, 0.5) is 10.6 Å². The Kier molecular flexibility index (Phi) is 5.49. The maximum absolute atomic E-state index is 11.8. The van der Waals surface area contributed by atoms with Crippen molar-refractivity contribution in [2.24, 2.45) is 5.41 Å². The van der Waals surface area contributed by atoms with Gasteiger partial charge in [0.1, 0.15) is 0 Å². The van der Waals surface area contributed by atoms with Crippen LogP contribution in [-0.4, -0.2) is 60.3 Å². The summed E-state index contributed by atoms with van der Waals surface area (Å²) in [7, 11) is 1.52. The van der Waals surface area contributed by atoms with Crippen LogP contribution >= 0.6 is 0 Å². The van der Waals surface area contributed by atoms with Crippen molar-refractivity contribution in [1.82, 2.24) is 25.7 Å². The van der Waals surface area contributed by atoms with Gasteiger partial charge < -0.3 is 15.5 Å². The van der Waals surface area contributed by atoms with Gasteiger partial charge in [0.05, 0.1) is 0 Å². The molecule has 3 N–H and O–H groups in total. The standard InChI is InChI=1S/C15H24N6O2/c1-15(2)6-8-21(10-15)9-7-17-14(23)18-12-5-4-11(19-20-12)13(22)16-3/h4-5H,6-10H2,1-3H3,(H,16,22)(H2,17,18,20,23). The first-order valence-electron chi connectivity index (χ1n) is 7.73. The summed E-state index contributed by atoms with van der Waals surface area (Å²) < 4.78 is 0. The van der Waals surface area contributed by atoms with Crippen molar-refractivity contribution in [3.05, 3.63) is 17.8 Å². The summed E-state index contributed by atoms with van der Waals surface area (Å²) in [4.78, 5) is 25.5. The number of nitrogens with zero attached hydrogens (tertiary/aromatic N) is 3. The Balaban J connectivity index is 1.71. The quantitative estimate of drug-likeness (QED) is 0.741. The van der Waals surface area contributed by atoms with Gasteiger partial charge in [-0.1, -0.05) is 13.8 Å². The van der Waals surface area contributed by atoms with E-state index in [0.29, 0.717) is 17.8 Å². The molecule has 0 aliphatic carbocycles. The maximum atomic E-state index is 11.8. The van der Waals surface area contributed by atoms with E-state index in [9.17, 15) is 9.59 Å². The van der Waals surface area contributed by atoms with E-state index >= 15 is 0 Å². The topological polar surface area (TPSA) is 99.2 Å². The van der Waals surface area contributed by atoms with Gasteiger partial charge in [-0.25, -0.2) is 4.79 Å². The number of hydrogen-bond acceptors (Lipinski definition) is 5. The van der Waals surface area contributed by atoms with Crippen molar-refractivity contribution in [1.29, 1.82) is 0 Å². The number of carbonyl (C=O) groups excluding carboxylic acids is 2. The molecule has 1 aromatic heterocycles. The molecule has 1 fully saturated rings. The average molecular weight is 320 g/mol. The zero-order valence-electron chi connectivity index (χ0n) is 13.8. The molecule has 1 aromatic rings. The zero-order chi connectivity index (χ0) is 16.9. The minimum atomic E-state index is -0.328. The first-order chi connectivity index (χ1) is 10.9. The second kappa shape index (κ2) is 7.36. The van der Waals surface area contributed by atoms with Gasteiger partial charge in [-0.2, -0.15) is 0 Å². The fourth-order valence-corrected chi connectivity index (χ4v) is 2.55. The van der Waals surface area contributed by atoms with Crippen LogP contribution in [0.25, 0.3) is 0 Å². The van der Waals surface area contributed by atoms with Crippen LogP contribution in [0.5, 0.6) is 0 Å². The Morgan fingerprint density at radius 3 is 2.65 bits per heavy atom. The highest BCUT2D eigenvalue weighted by Gasteiger charge is 2.28. The van der Waals surface area contributed by atoms with E-state index in [4.69, 9.17) is 0 Å². The van der Waals surface area contributed by atoms with Gasteiger partial charge in [0.25, 0.3) is 5.91 Å². The largest absolute Gasteiger partial charge is 0.354 e. The summed E-state index contributed by atoms with van der Waals surface area (Å²) in [5.41, 5.74) is 0.569. The van der Waals surface area contributed by atoms with Gasteiger partial charge >= 0.3 is 6.03 Å². The van der Waals surface area contributed by atoms with Gasteiger partial charge in [0.2, 0.25) is 0 Å². The van der Waals surface area contributed by atoms with Crippen LogP contribution in [0.2, 0.25) is 0 Å². The number of nitrogens with one attached hydrogen (secondary N) is 3. The molecule has 0 radical (unpaired) electrons. The summed E-state index contributed by atoms with van der Waals surface area (Å²) in [6.45, 7) is 8.05. The van der Waals surface area contributed by atoms with E-state index in [1.54, 1.807) is 6.07 Å². The molecule has 0 spiro atoms. The van der Waals surface area contributed by atoms with E-state index in [-0.39, 0.29) is 17.6 Å². The Morgan fingerprint density at radius 2 is 2.09 bits per heavy atom. The van der Waals surface area contributed by atoms with E-state index in [1.165, 1.54) is 19.5 Å². The molecule has 2 rings (SSSR count). The Hall–Kier alpha value is -2.22. The number of urea groups is 1. The third-order valence-electron chi connectivity index (χ3n) is 3.84. The Labute approximate surface area is 136 Å². The zero-order valence-corrected chi connectivity index (χ0v) is 13.8. The third-order valence-corrected chi connectivity index (χ3v) is 3.84. The van der Waals surface area contributed by atoms with Crippen molar-refractivity contribution >= 4 is 17.8 Å². The number of amides is 3. The highest BCUT2D eigenvalue weighted by atomic mass is 16.2. The van der Waals surface area contributed by atoms with Gasteiger partial charge in [-0.15, -0.1) is 10.2 Å². The highest BCUT2D eigenvalue weighted by molar-refractivity contribution is 5.92. The molecule has 8 nitrogen and oxygen atoms in total. The summed E-state index contributed by atoms with van der Waals surface area (Å²) in [6, 6.07) is 2.72. The number of carbonyl (C=O) groups is 2. The Morgan fingerprint density at radius 1 is 1.30 bits per heavy atom. The fourth-order valence-electron chi connectivity index (χ4n) is 2.55. The van der Waals surface area contributed by atoms with Crippen LogP contribution in [0.3, 0.4) is 0 Å². The van der Waals surface area contributed by atoms with E-state index in [2.05, 4.69) is 44.9 Å². The van der Waals surface area contributed by atoms with Crippen LogP contribution < -0.4 is 16.0 Å². The molecule has 8 heteroatoms. The van der Waals surface area contributed by atoms with Crippen LogP contribution in [0, 0.1) is 5.41 Å². The molecular formula is C15H24N6O2.